The van der Waals surface area contributed by atoms with Gasteiger partial charge in [-0.25, -0.2) is 9.97 Å². The van der Waals surface area contributed by atoms with Gasteiger partial charge < -0.3 is 15.2 Å². The SMILES string of the molecule is OCCOc1ccc(NCc2cnc(-c3ccsc3)s2)cn1. The number of aromatic nitrogens is 2. The number of thiophene rings is 1. The van der Waals surface area contributed by atoms with Gasteiger partial charge in [0.2, 0.25) is 5.88 Å². The number of rotatable bonds is 7. The van der Waals surface area contributed by atoms with Gasteiger partial charge in [0, 0.05) is 28.1 Å². The molecule has 3 rings (SSSR count). The standard InChI is InChI=1S/C15H15N3O2S2/c19-4-5-20-14-2-1-12(7-17-14)16-8-13-9-18-15(22-13)11-3-6-21-10-11/h1-3,6-7,9-10,16,19H,4-5,8H2. The number of aliphatic hydroxyl groups excluding tert-OH is 1. The molecule has 0 saturated heterocycles. The van der Waals surface area contributed by atoms with Crippen LogP contribution in [-0.2, 0) is 6.54 Å². The van der Waals surface area contributed by atoms with E-state index in [1.165, 1.54) is 10.4 Å². The van der Waals surface area contributed by atoms with Crippen molar-refractivity contribution in [3.05, 3.63) is 46.2 Å². The number of aliphatic hydroxyl groups is 1. The highest BCUT2D eigenvalue weighted by atomic mass is 32.1. The number of anilines is 1. The summed E-state index contributed by atoms with van der Waals surface area (Å²) < 4.78 is 5.22. The van der Waals surface area contributed by atoms with E-state index in [-0.39, 0.29) is 13.2 Å². The van der Waals surface area contributed by atoms with Crippen molar-refractivity contribution in [2.24, 2.45) is 0 Å². The van der Waals surface area contributed by atoms with Gasteiger partial charge in [-0.15, -0.1) is 11.3 Å². The van der Waals surface area contributed by atoms with E-state index in [1.54, 1.807) is 34.9 Å². The van der Waals surface area contributed by atoms with Crippen molar-refractivity contribution in [2.75, 3.05) is 18.5 Å². The quantitative estimate of drug-likeness (QED) is 0.695. The zero-order chi connectivity index (χ0) is 15.2. The maximum Gasteiger partial charge on any atom is 0.213 e. The molecule has 0 aliphatic carbocycles. The zero-order valence-electron chi connectivity index (χ0n) is 11.7. The van der Waals surface area contributed by atoms with Gasteiger partial charge in [0.1, 0.15) is 11.6 Å². The summed E-state index contributed by atoms with van der Waals surface area (Å²) in [6, 6.07) is 5.76. The third-order valence-electron chi connectivity index (χ3n) is 2.87. The van der Waals surface area contributed by atoms with Crippen molar-refractivity contribution >= 4 is 28.4 Å². The van der Waals surface area contributed by atoms with Crippen LogP contribution in [0.25, 0.3) is 10.6 Å². The van der Waals surface area contributed by atoms with Gasteiger partial charge in [-0.2, -0.15) is 11.3 Å². The summed E-state index contributed by atoms with van der Waals surface area (Å²) in [5.74, 6) is 0.511. The largest absolute Gasteiger partial charge is 0.475 e. The molecule has 0 aromatic carbocycles. The van der Waals surface area contributed by atoms with Crippen molar-refractivity contribution in [2.45, 2.75) is 6.54 Å². The molecule has 0 unspecified atom stereocenters. The third kappa shape index (κ3) is 3.82. The molecule has 3 aromatic heterocycles. The van der Waals surface area contributed by atoms with Crippen LogP contribution in [0.1, 0.15) is 4.88 Å². The predicted molar refractivity (Wildman–Crippen MR) is 89.6 cm³/mol. The molecule has 114 valence electrons. The van der Waals surface area contributed by atoms with Gasteiger partial charge in [-0.3, -0.25) is 0 Å². The van der Waals surface area contributed by atoms with E-state index in [0.717, 1.165) is 10.7 Å². The third-order valence-corrected chi connectivity index (χ3v) is 4.60. The maximum absolute atomic E-state index is 8.69. The first-order valence-electron chi connectivity index (χ1n) is 6.76. The van der Waals surface area contributed by atoms with Crippen molar-refractivity contribution in [1.29, 1.82) is 0 Å². The van der Waals surface area contributed by atoms with E-state index < -0.39 is 0 Å². The fourth-order valence-corrected chi connectivity index (χ4v) is 3.38. The van der Waals surface area contributed by atoms with Crippen molar-refractivity contribution in [3.8, 4) is 16.5 Å². The van der Waals surface area contributed by atoms with Crippen LogP contribution >= 0.6 is 22.7 Å². The molecule has 0 fully saturated rings. The van der Waals surface area contributed by atoms with Crippen LogP contribution in [0.4, 0.5) is 5.69 Å². The number of thiazole rings is 1. The Labute approximate surface area is 136 Å². The molecule has 7 heteroatoms. The van der Waals surface area contributed by atoms with Crippen LogP contribution in [-0.4, -0.2) is 28.3 Å². The second-order valence-corrected chi connectivity index (χ2v) is 6.35. The lowest BCUT2D eigenvalue weighted by Crippen LogP contribution is -2.03. The summed E-state index contributed by atoms with van der Waals surface area (Å²) in [4.78, 5) is 9.78. The number of hydrogen-bond acceptors (Lipinski definition) is 7. The number of hydrogen-bond donors (Lipinski definition) is 2. The minimum Gasteiger partial charge on any atom is -0.475 e. The van der Waals surface area contributed by atoms with E-state index in [1.807, 2.05) is 12.3 Å². The highest BCUT2D eigenvalue weighted by molar-refractivity contribution is 7.15. The Bertz CT molecular complexity index is 696. The number of nitrogens with one attached hydrogen (secondary N) is 1. The highest BCUT2D eigenvalue weighted by Crippen LogP contribution is 2.27. The molecule has 0 radical (unpaired) electrons. The Hall–Kier alpha value is -1.96. The molecule has 5 nitrogen and oxygen atoms in total. The molecule has 0 spiro atoms. The fourth-order valence-electron chi connectivity index (χ4n) is 1.82. The summed E-state index contributed by atoms with van der Waals surface area (Å²) in [6.45, 7) is 0.950. The first-order chi connectivity index (χ1) is 10.8. The summed E-state index contributed by atoms with van der Waals surface area (Å²) in [6.07, 6.45) is 3.62. The van der Waals surface area contributed by atoms with E-state index in [2.05, 4.69) is 32.1 Å². The molecular weight excluding hydrogens is 318 g/mol. The van der Waals surface area contributed by atoms with Gasteiger partial charge in [0.05, 0.1) is 25.0 Å². The predicted octanol–water partition coefficient (Wildman–Crippen LogP) is 3.25. The van der Waals surface area contributed by atoms with Crippen LogP contribution in [0.3, 0.4) is 0 Å². The number of pyridine rings is 1. The highest BCUT2D eigenvalue weighted by Gasteiger charge is 2.05. The van der Waals surface area contributed by atoms with Gasteiger partial charge in [-0.05, 0) is 17.5 Å². The van der Waals surface area contributed by atoms with Crippen molar-refractivity contribution < 1.29 is 9.84 Å². The normalized spacial score (nSPS) is 10.6. The van der Waals surface area contributed by atoms with Crippen LogP contribution in [0.2, 0.25) is 0 Å². The zero-order valence-corrected chi connectivity index (χ0v) is 13.4. The lowest BCUT2D eigenvalue weighted by Gasteiger charge is -2.06. The Morgan fingerprint density at radius 1 is 1.18 bits per heavy atom. The Balaban J connectivity index is 1.56. The molecule has 22 heavy (non-hydrogen) atoms. The summed E-state index contributed by atoms with van der Waals surface area (Å²) in [5, 5.41) is 17.2. The summed E-state index contributed by atoms with van der Waals surface area (Å²) in [5.41, 5.74) is 2.09. The van der Waals surface area contributed by atoms with Crippen LogP contribution < -0.4 is 10.1 Å². The summed E-state index contributed by atoms with van der Waals surface area (Å²) >= 11 is 3.36. The van der Waals surface area contributed by atoms with Crippen LogP contribution in [0, 0.1) is 0 Å². The van der Waals surface area contributed by atoms with Crippen molar-refractivity contribution in [1.82, 2.24) is 9.97 Å². The molecule has 3 heterocycles. The van der Waals surface area contributed by atoms with Crippen molar-refractivity contribution in [3.63, 3.8) is 0 Å². The second-order valence-electron chi connectivity index (χ2n) is 4.45. The smallest absolute Gasteiger partial charge is 0.213 e. The van der Waals surface area contributed by atoms with Gasteiger partial charge in [0.15, 0.2) is 0 Å². The van der Waals surface area contributed by atoms with E-state index in [0.29, 0.717) is 12.4 Å². The molecular formula is C15H15N3O2S2. The number of ether oxygens (including phenoxy) is 1. The fraction of sp³-hybridized carbons (Fsp3) is 0.200. The first-order valence-corrected chi connectivity index (χ1v) is 8.52. The second kappa shape index (κ2) is 7.35. The minimum absolute atomic E-state index is 0.0144. The van der Waals surface area contributed by atoms with Gasteiger partial charge in [0.25, 0.3) is 0 Å². The lowest BCUT2D eigenvalue weighted by molar-refractivity contribution is 0.196. The van der Waals surface area contributed by atoms with Gasteiger partial charge in [-0.1, -0.05) is 0 Å². The van der Waals surface area contributed by atoms with Crippen LogP contribution in [0.15, 0.2) is 41.4 Å². The average molecular weight is 333 g/mol. The Morgan fingerprint density at radius 3 is 2.86 bits per heavy atom. The molecule has 0 saturated carbocycles. The molecule has 0 atom stereocenters. The summed E-state index contributed by atoms with van der Waals surface area (Å²) in [7, 11) is 0. The maximum atomic E-state index is 8.69. The molecule has 0 amide bonds. The minimum atomic E-state index is -0.0144. The van der Waals surface area contributed by atoms with Gasteiger partial charge >= 0.3 is 0 Å². The Kier molecular flexibility index (Phi) is 4.99. The van der Waals surface area contributed by atoms with E-state index >= 15 is 0 Å². The van der Waals surface area contributed by atoms with E-state index in [4.69, 9.17) is 9.84 Å². The first kappa shape index (κ1) is 15.0. The average Bonchev–Trinajstić information content (AvgIpc) is 3.23. The Morgan fingerprint density at radius 2 is 2.14 bits per heavy atom. The molecule has 2 N–H and O–H groups in total. The number of nitrogens with zero attached hydrogens (tertiary/aromatic N) is 2. The lowest BCUT2D eigenvalue weighted by atomic mass is 10.4. The van der Waals surface area contributed by atoms with E-state index in [9.17, 15) is 0 Å². The molecule has 0 aliphatic rings. The monoisotopic (exact) mass is 333 g/mol. The molecule has 3 aromatic rings. The topological polar surface area (TPSA) is 67.3 Å². The molecule has 0 aliphatic heterocycles. The van der Waals surface area contributed by atoms with Crippen LogP contribution in [0.5, 0.6) is 5.88 Å². The molecule has 0 bridgehead atoms.